The number of aromatic amines is 2. The number of nitrogens with one attached hydrogen (secondary N) is 3. The van der Waals surface area contributed by atoms with Gasteiger partial charge in [0.05, 0.1) is 23.4 Å². The topological polar surface area (TPSA) is 77.8 Å². The Hall–Kier alpha value is -2.51. The normalized spacial score (nSPS) is 11.3. The maximum atomic E-state index is 12.7. The summed E-state index contributed by atoms with van der Waals surface area (Å²) >= 11 is 0. The minimum Gasteiger partial charge on any atom is -0.346 e. The predicted molar refractivity (Wildman–Crippen MR) is 64.0 cm³/mol. The summed E-state index contributed by atoms with van der Waals surface area (Å²) in [6, 6.07) is 5.70. The number of amides is 1. The summed E-state index contributed by atoms with van der Waals surface area (Å²) < 4.78 is 38.2. The van der Waals surface area contributed by atoms with Crippen molar-refractivity contribution in [3.63, 3.8) is 0 Å². The van der Waals surface area contributed by atoms with Crippen molar-refractivity contribution in [3.05, 3.63) is 57.5 Å². The lowest BCUT2D eigenvalue weighted by Gasteiger charge is -2.12. The van der Waals surface area contributed by atoms with Crippen molar-refractivity contribution in [2.24, 2.45) is 0 Å². The summed E-state index contributed by atoms with van der Waals surface area (Å²) in [6.45, 7) is -0.0796. The molecule has 5 nitrogen and oxygen atoms in total. The molecule has 0 atom stereocenters. The Morgan fingerprint density at radius 2 is 1.90 bits per heavy atom. The van der Waals surface area contributed by atoms with Gasteiger partial charge >= 0.3 is 6.18 Å². The first-order chi connectivity index (χ1) is 9.38. The van der Waals surface area contributed by atoms with E-state index < -0.39 is 23.2 Å². The largest absolute Gasteiger partial charge is 0.417 e. The Balaban J connectivity index is 2.15. The van der Waals surface area contributed by atoms with E-state index in [9.17, 15) is 22.8 Å². The molecule has 0 saturated carbocycles. The van der Waals surface area contributed by atoms with Crippen LogP contribution < -0.4 is 10.9 Å². The zero-order valence-corrected chi connectivity index (χ0v) is 10.0. The first kappa shape index (κ1) is 13.9. The average Bonchev–Trinajstić information content (AvgIpc) is 2.81. The molecule has 2 aromatic rings. The number of rotatable bonds is 3. The molecule has 2 rings (SSSR count). The first-order valence-electron chi connectivity index (χ1n) is 5.59. The Labute approximate surface area is 110 Å². The van der Waals surface area contributed by atoms with Crippen LogP contribution >= 0.6 is 0 Å². The van der Waals surface area contributed by atoms with Crippen LogP contribution in [0.15, 0.2) is 35.1 Å². The maximum absolute atomic E-state index is 12.7. The maximum Gasteiger partial charge on any atom is 0.417 e. The molecule has 0 radical (unpaired) electrons. The van der Waals surface area contributed by atoms with Gasteiger partial charge in [-0.1, -0.05) is 12.1 Å². The molecule has 106 valence electrons. The molecular weight excluding hydrogens is 275 g/mol. The van der Waals surface area contributed by atoms with E-state index in [4.69, 9.17) is 0 Å². The highest BCUT2D eigenvalue weighted by Crippen LogP contribution is 2.31. The number of hydrogen-bond donors (Lipinski definition) is 3. The molecule has 1 aromatic carbocycles. The molecule has 1 amide bonds. The zero-order chi connectivity index (χ0) is 14.8. The van der Waals surface area contributed by atoms with Gasteiger partial charge in [-0.15, -0.1) is 0 Å². The lowest BCUT2D eigenvalue weighted by Crippen LogP contribution is -2.26. The van der Waals surface area contributed by atoms with Crippen LogP contribution in [0.1, 0.15) is 21.6 Å². The predicted octanol–water partition coefficient (Wildman–Crippen LogP) is 1.65. The fourth-order valence-corrected chi connectivity index (χ4v) is 1.67. The van der Waals surface area contributed by atoms with Gasteiger partial charge in [0.2, 0.25) is 0 Å². The molecule has 0 fully saturated rings. The second-order valence-electron chi connectivity index (χ2n) is 4.01. The third kappa shape index (κ3) is 3.08. The molecule has 0 saturated heterocycles. The molecular formula is C12H10F3N3O2. The van der Waals surface area contributed by atoms with E-state index in [1.807, 2.05) is 0 Å². The molecule has 0 bridgehead atoms. The minimum absolute atomic E-state index is 0.0796. The standard InChI is InChI=1S/C12H10F3N3O2/c13-12(14,15)9-4-2-1-3-8(9)11(20)16-6-7-5-10(19)18-17-7/h1-5H,6H2,(H,16,20)(H2,17,18,19). The summed E-state index contributed by atoms with van der Waals surface area (Å²) in [4.78, 5) is 22.6. The molecule has 0 spiro atoms. The van der Waals surface area contributed by atoms with Crippen LogP contribution in [0.2, 0.25) is 0 Å². The molecule has 0 aliphatic heterocycles. The molecule has 3 N–H and O–H groups in total. The summed E-state index contributed by atoms with van der Waals surface area (Å²) in [5.41, 5.74) is -1.48. The van der Waals surface area contributed by atoms with Crippen molar-refractivity contribution in [2.75, 3.05) is 0 Å². The number of alkyl halides is 3. The SMILES string of the molecule is O=C(NCc1cc(=O)[nH][nH]1)c1ccccc1C(F)(F)F. The van der Waals surface area contributed by atoms with Gasteiger partial charge in [-0.05, 0) is 12.1 Å². The van der Waals surface area contributed by atoms with Gasteiger partial charge in [-0.2, -0.15) is 13.2 Å². The zero-order valence-electron chi connectivity index (χ0n) is 10.0. The van der Waals surface area contributed by atoms with Crippen LogP contribution in [0, 0.1) is 0 Å². The van der Waals surface area contributed by atoms with Crippen molar-refractivity contribution in [1.29, 1.82) is 0 Å². The number of carbonyl (C=O) groups is 1. The van der Waals surface area contributed by atoms with Crippen molar-refractivity contribution in [3.8, 4) is 0 Å². The van der Waals surface area contributed by atoms with Crippen molar-refractivity contribution in [2.45, 2.75) is 12.7 Å². The lowest BCUT2D eigenvalue weighted by molar-refractivity contribution is -0.137. The molecule has 1 aromatic heterocycles. The molecule has 1 heterocycles. The fraction of sp³-hybridized carbons (Fsp3) is 0.167. The number of aromatic nitrogens is 2. The highest BCUT2D eigenvalue weighted by Gasteiger charge is 2.34. The first-order valence-corrected chi connectivity index (χ1v) is 5.59. The number of benzene rings is 1. The minimum atomic E-state index is -4.60. The summed E-state index contributed by atoms with van der Waals surface area (Å²) in [5, 5.41) is 7.05. The third-order valence-electron chi connectivity index (χ3n) is 2.57. The van der Waals surface area contributed by atoms with Crippen LogP contribution in [0.4, 0.5) is 13.2 Å². The molecule has 8 heteroatoms. The average molecular weight is 285 g/mol. The monoisotopic (exact) mass is 285 g/mol. The van der Waals surface area contributed by atoms with E-state index in [-0.39, 0.29) is 12.1 Å². The van der Waals surface area contributed by atoms with Crippen LogP contribution in [-0.2, 0) is 12.7 Å². The summed E-state index contributed by atoms with van der Waals surface area (Å²) in [6.07, 6.45) is -4.60. The Kier molecular flexibility index (Phi) is 3.64. The van der Waals surface area contributed by atoms with Gasteiger partial charge in [-0.25, -0.2) is 0 Å². The van der Waals surface area contributed by atoms with Gasteiger partial charge in [-0.3, -0.25) is 14.7 Å². The quantitative estimate of drug-likeness (QED) is 0.802. The number of carbonyl (C=O) groups excluding carboxylic acids is 1. The lowest BCUT2D eigenvalue weighted by atomic mass is 10.1. The smallest absolute Gasteiger partial charge is 0.346 e. The second-order valence-corrected chi connectivity index (χ2v) is 4.01. The number of halogens is 3. The van der Waals surface area contributed by atoms with Crippen LogP contribution in [0.5, 0.6) is 0 Å². The second kappa shape index (κ2) is 5.24. The fourth-order valence-electron chi connectivity index (χ4n) is 1.67. The van der Waals surface area contributed by atoms with E-state index in [0.717, 1.165) is 12.1 Å². The Morgan fingerprint density at radius 3 is 2.50 bits per heavy atom. The highest BCUT2D eigenvalue weighted by molar-refractivity contribution is 5.95. The van der Waals surface area contributed by atoms with Crippen LogP contribution in [0.3, 0.4) is 0 Å². The van der Waals surface area contributed by atoms with Crippen molar-refractivity contribution < 1.29 is 18.0 Å². The third-order valence-corrected chi connectivity index (χ3v) is 2.57. The van der Waals surface area contributed by atoms with Gasteiger partial charge in [0.1, 0.15) is 0 Å². The van der Waals surface area contributed by atoms with E-state index >= 15 is 0 Å². The molecule has 0 aliphatic carbocycles. The van der Waals surface area contributed by atoms with Gasteiger partial charge < -0.3 is 10.4 Å². The number of H-pyrrole nitrogens is 2. The van der Waals surface area contributed by atoms with Gasteiger partial charge in [0.15, 0.2) is 0 Å². The number of hydrogen-bond acceptors (Lipinski definition) is 2. The van der Waals surface area contributed by atoms with E-state index in [0.29, 0.717) is 5.69 Å². The summed E-state index contributed by atoms with van der Waals surface area (Å²) in [5.74, 6) is -0.861. The van der Waals surface area contributed by atoms with Crippen LogP contribution in [-0.4, -0.2) is 16.1 Å². The van der Waals surface area contributed by atoms with Crippen LogP contribution in [0.25, 0.3) is 0 Å². The summed E-state index contributed by atoms with van der Waals surface area (Å²) in [7, 11) is 0. The molecule has 0 aliphatic rings. The highest BCUT2D eigenvalue weighted by atomic mass is 19.4. The van der Waals surface area contributed by atoms with E-state index in [1.165, 1.54) is 18.2 Å². The van der Waals surface area contributed by atoms with Crippen molar-refractivity contribution >= 4 is 5.91 Å². The van der Waals surface area contributed by atoms with Crippen molar-refractivity contribution in [1.82, 2.24) is 15.5 Å². The Morgan fingerprint density at radius 1 is 1.20 bits per heavy atom. The van der Waals surface area contributed by atoms with E-state index in [2.05, 4.69) is 15.5 Å². The van der Waals surface area contributed by atoms with Gasteiger partial charge in [0.25, 0.3) is 11.5 Å². The molecule has 20 heavy (non-hydrogen) atoms. The molecule has 0 unspecified atom stereocenters. The Bertz CT molecular complexity index is 673. The van der Waals surface area contributed by atoms with Gasteiger partial charge in [0, 0.05) is 6.07 Å². The van der Waals surface area contributed by atoms with E-state index in [1.54, 1.807) is 0 Å².